The number of nitrogens with zero attached hydrogens (tertiary/aromatic N) is 3. The van der Waals surface area contributed by atoms with Crippen molar-refractivity contribution in [3.8, 4) is 11.4 Å². The number of ether oxygens (including phenoxy) is 1. The summed E-state index contributed by atoms with van der Waals surface area (Å²) in [6, 6.07) is 3.88. The molecule has 6 nitrogen and oxygen atoms in total. The average molecular weight is 288 g/mol. The summed E-state index contributed by atoms with van der Waals surface area (Å²) in [6.45, 7) is 4.62. The van der Waals surface area contributed by atoms with Crippen LogP contribution in [0.4, 0.5) is 0 Å². The number of aromatic amines is 1. The first-order chi connectivity index (χ1) is 10.0. The van der Waals surface area contributed by atoms with E-state index in [-0.39, 0.29) is 5.97 Å². The Morgan fingerprint density at radius 1 is 1.43 bits per heavy atom. The Morgan fingerprint density at radius 2 is 2.19 bits per heavy atom. The molecule has 2 rings (SSSR count). The standard InChI is InChI=1S/C15H20N4O2/c1-5-21-15(20)12-10(2)17-18-14(12)13-11(9-19(3)4)7-6-8-16-13/h6-8H,5,9H2,1-4H3,(H,17,18). The fraction of sp³-hybridized carbons (Fsp3) is 0.400. The molecule has 0 saturated carbocycles. The third-order valence-corrected chi connectivity index (χ3v) is 3.04. The van der Waals surface area contributed by atoms with Gasteiger partial charge in [0.2, 0.25) is 0 Å². The molecule has 0 bridgehead atoms. The highest BCUT2D eigenvalue weighted by Crippen LogP contribution is 2.26. The first-order valence-electron chi connectivity index (χ1n) is 6.85. The SMILES string of the molecule is CCOC(=O)c1c(C)n[nH]c1-c1ncccc1CN(C)C. The molecule has 112 valence electrons. The third-order valence-electron chi connectivity index (χ3n) is 3.04. The van der Waals surface area contributed by atoms with Gasteiger partial charge in [0.1, 0.15) is 5.56 Å². The van der Waals surface area contributed by atoms with Gasteiger partial charge in [-0.2, -0.15) is 5.10 Å². The van der Waals surface area contributed by atoms with Gasteiger partial charge in [0.25, 0.3) is 0 Å². The fourth-order valence-electron chi connectivity index (χ4n) is 2.19. The van der Waals surface area contributed by atoms with Crippen LogP contribution < -0.4 is 0 Å². The van der Waals surface area contributed by atoms with Gasteiger partial charge >= 0.3 is 5.97 Å². The Bertz CT molecular complexity index is 634. The number of aryl methyl sites for hydroxylation is 1. The van der Waals surface area contributed by atoms with Gasteiger partial charge in [-0.3, -0.25) is 10.1 Å². The highest BCUT2D eigenvalue weighted by molar-refractivity contribution is 5.97. The van der Waals surface area contributed by atoms with E-state index >= 15 is 0 Å². The first-order valence-corrected chi connectivity index (χ1v) is 6.85. The van der Waals surface area contributed by atoms with Crippen LogP contribution in [0.1, 0.15) is 28.5 Å². The van der Waals surface area contributed by atoms with E-state index in [2.05, 4.69) is 15.2 Å². The van der Waals surface area contributed by atoms with Crippen molar-refractivity contribution >= 4 is 5.97 Å². The van der Waals surface area contributed by atoms with E-state index in [4.69, 9.17) is 4.74 Å². The number of nitrogens with one attached hydrogen (secondary N) is 1. The molecular weight excluding hydrogens is 268 g/mol. The van der Waals surface area contributed by atoms with Crippen molar-refractivity contribution in [2.24, 2.45) is 0 Å². The smallest absolute Gasteiger partial charge is 0.342 e. The molecule has 0 spiro atoms. The van der Waals surface area contributed by atoms with Gasteiger partial charge in [0.05, 0.1) is 23.7 Å². The second-order valence-electron chi connectivity index (χ2n) is 5.03. The number of esters is 1. The molecule has 2 heterocycles. The fourth-order valence-corrected chi connectivity index (χ4v) is 2.19. The normalized spacial score (nSPS) is 10.9. The van der Waals surface area contributed by atoms with Crippen LogP contribution in [-0.2, 0) is 11.3 Å². The van der Waals surface area contributed by atoms with E-state index in [9.17, 15) is 4.79 Å². The van der Waals surface area contributed by atoms with Crippen LogP contribution in [0.2, 0.25) is 0 Å². The zero-order chi connectivity index (χ0) is 15.4. The number of hydrogen-bond acceptors (Lipinski definition) is 5. The van der Waals surface area contributed by atoms with Crippen molar-refractivity contribution < 1.29 is 9.53 Å². The summed E-state index contributed by atoms with van der Waals surface area (Å²) >= 11 is 0. The summed E-state index contributed by atoms with van der Waals surface area (Å²) < 4.78 is 5.11. The number of carbonyl (C=O) groups excluding carboxylic acids is 1. The quantitative estimate of drug-likeness (QED) is 0.852. The summed E-state index contributed by atoms with van der Waals surface area (Å²) in [5.74, 6) is -0.375. The Kier molecular flexibility index (Phi) is 4.70. The van der Waals surface area contributed by atoms with Crippen LogP contribution >= 0.6 is 0 Å². The van der Waals surface area contributed by atoms with Gasteiger partial charge in [-0.15, -0.1) is 0 Å². The Morgan fingerprint density at radius 3 is 2.86 bits per heavy atom. The van der Waals surface area contributed by atoms with Crippen LogP contribution in [-0.4, -0.2) is 46.8 Å². The molecule has 6 heteroatoms. The molecule has 2 aromatic heterocycles. The first kappa shape index (κ1) is 15.2. The number of hydrogen-bond donors (Lipinski definition) is 1. The third kappa shape index (κ3) is 3.28. The number of aromatic nitrogens is 3. The molecule has 0 amide bonds. The predicted octanol–water partition coefficient (Wildman–Crippen LogP) is 2.02. The number of carbonyl (C=O) groups is 1. The summed E-state index contributed by atoms with van der Waals surface area (Å²) in [7, 11) is 3.97. The molecule has 0 aliphatic rings. The van der Waals surface area contributed by atoms with Gasteiger partial charge in [0.15, 0.2) is 0 Å². The molecule has 0 aliphatic carbocycles. The Hall–Kier alpha value is -2.21. The summed E-state index contributed by atoms with van der Waals surface area (Å²) in [6.07, 6.45) is 1.71. The Balaban J connectivity index is 2.50. The number of pyridine rings is 1. The minimum absolute atomic E-state index is 0.329. The molecule has 0 saturated heterocycles. The number of rotatable bonds is 5. The van der Waals surface area contributed by atoms with Gasteiger partial charge < -0.3 is 9.64 Å². The van der Waals surface area contributed by atoms with Gasteiger partial charge in [0, 0.05) is 12.7 Å². The maximum atomic E-state index is 12.1. The summed E-state index contributed by atoms with van der Waals surface area (Å²) in [5, 5.41) is 7.05. The summed E-state index contributed by atoms with van der Waals surface area (Å²) in [5.41, 5.74) is 3.44. The molecule has 2 aromatic rings. The van der Waals surface area contributed by atoms with Crippen LogP contribution in [0.3, 0.4) is 0 Å². The lowest BCUT2D eigenvalue weighted by atomic mass is 10.1. The molecule has 0 atom stereocenters. The molecule has 0 fully saturated rings. The zero-order valence-corrected chi connectivity index (χ0v) is 12.8. The number of H-pyrrole nitrogens is 1. The second-order valence-corrected chi connectivity index (χ2v) is 5.03. The maximum absolute atomic E-state index is 12.1. The van der Waals surface area contributed by atoms with E-state index in [0.717, 1.165) is 17.8 Å². The van der Waals surface area contributed by atoms with Crippen molar-refractivity contribution in [3.05, 3.63) is 35.2 Å². The minimum atomic E-state index is -0.375. The molecule has 0 unspecified atom stereocenters. The Labute approximate surface area is 124 Å². The van der Waals surface area contributed by atoms with Gasteiger partial charge in [-0.1, -0.05) is 6.07 Å². The monoisotopic (exact) mass is 288 g/mol. The van der Waals surface area contributed by atoms with Crippen LogP contribution in [0.5, 0.6) is 0 Å². The van der Waals surface area contributed by atoms with Gasteiger partial charge in [-0.05, 0) is 39.6 Å². The van der Waals surface area contributed by atoms with E-state index in [1.807, 2.05) is 31.1 Å². The van der Waals surface area contributed by atoms with Crippen LogP contribution in [0.15, 0.2) is 18.3 Å². The van der Waals surface area contributed by atoms with Gasteiger partial charge in [-0.25, -0.2) is 4.79 Å². The molecule has 0 radical (unpaired) electrons. The van der Waals surface area contributed by atoms with Crippen molar-refractivity contribution in [2.45, 2.75) is 20.4 Å². The zero-order valence-electron chi connectivity index (χ0n) is 12.8. The van der Waals surface area contributed by atoms with E-state index in [0.29, 0.717) is 23.6 Å². The molecule has 21 heavy (non-hydrogen) atoms. The average Bonchev–Trinajstić information content (AvgIpc) is 2.81. The van der Waals surface area contributed by atoms with E-state index in [1.54, 1.807) is 20.0 Å². The highest BCUT2D eigenvalue weighted by Gasteiger charge is 2.22. The molecule has 0 aromatic carbocycles. The highest BCUT2D eigenvalue weighted by atomic mass is 16.5. The predicted molar refractivity (Wildman–Crippen MR) is 79.9 cm³/mol. The van der Waals surface area contributed by atoms with Crippen molar-refractivity contribution in [1.82, 2.24) is 20.1 Å². The van der Waals surface area contributed by atoms with E-state index in [1.165, 1.54) is 0 Å². The lowest BCUT2D eigenvalue weighted by molar-refractivity contribution is 0.0526. The largest absolute Gasteiger partial charge is 0.462 e. The van der Waals surface area contributed by atoms with Crippen LogP contribution in [0.25, 0.3) is 11.4 Å². The van der Waals surface area contributed by atoms with Crippen molar-refractivity contribution in [2.75, 3.05) is 20.7 Å². The van der Waals surface area contributed by atoms with Crippen molar-refractivity contribution in [3.63, 3.8) is 0 Å². The van der Waals surface area contributed by atoms with Crippen molar-refractivity contribution in [1.29, 1.82) is 0 Å². The lowest BCUT2D eigenvalue weighted by Crippen LogP contribution is -2.13. The lowest BCUT2D eigenvalue weighted by Gasteiger charge is -2.13. The second kappa shape index (κ2) is 6.49. The maximum Gasteiger partial charge on any atom is 0.342 e. The topological polar surface area (TPSA) is 71.1 Å². The van der Waals surface area contributed by atoms with E-state index < -0.39 is 0 Å². The van der Waals surface area contributed by atoms with Crippen LogP contribution in [0, 0.1) is 6.92 Å². The molecular formula is C15H20N4O2. The molecule has 0 aliphatic heterocycles. The minimum Gasteiger partial charge on any atom is -0.462 e. The molecule has 1 N–H and O–H groups in total. The summed E-state index contributed by atoms with van der Waals surface area (Å²) in [4.78, 5) is 18.6.